The van der Waals surface area contributed by atoms with Crippen LogP contribution in [0.2, 0.25) is 0 Å². The van der Waals surface area contributed by atoms with Crippen LogP contribution in [-0.2, 0) is 17.9 Å². The molecule has 2 aromatic carbocycles. The summed E-state index contributed by atoms with van der Waals surface area (Å²) in [5.41, 5.74) is 2.31. The second-order valence-corrected chi connectivity index (χ2v) is 7.31. The first-order chi connectivity index (χ1) is 15.4. The van der Waals surface area contributed by atoms with Gasteiger partial charge >= 0.3 is 6.03 Å². The van der Waals surface area contributed by atoms with E-state index in [0.29, 0.717) is 22.9 Å². The monoisotopic (exact) mass is 440 g/mol. The first-order valence-corrected chi connectivity index (χ1v) is 9.99. The molecule has 0 aliphatic carbocycles. The molecule has 3 rings (SSSR count). The number of nitrogens with zero attached hydrogens (tertiary/aromatic N) is 2. The van der Waals surface area contributed by atoms with Crippen molar-refractivity contribution in [3.8, 4) is 17.2 Å². The number of hydrogen-bond donors (Lipinski definition) is 2. The van der Waals surface area contributed by atoms with E-state index in [2.05, 4.69) is 10.6 Å². The molecule has 0 saturated heterocycles. The average molecular weight is 441 g/mol. The lowest BCUT2D eigenvalue weighted by molar-refractivity contribution is -0.129. The number of amides is 3. The fourth-order valence-electron chi connectivity index (χ4n) is 3.36. The van der Waals surface area contributed by atoms with Crippen LogP contribution >= 0.6 is 0 Å². The van der Waals surface area contributed by atoms with E-state index in [4.69, 9.17) is 14.2 Å². The number of anilines is 1. The topological polar surface area (TPSA) is 94.1 Å². The molecule has 0 saturated carbocycles. The van der Waals surface area contributed by atoms with Crippen molar-refractivity contribution in [1.29, 1.82) is 0 Å². The number of carbonyl (C=O) groups is 2. The molecule has 32 heavy (non-hydrogen) atoms. The van der Waals surface area contributed by atoms with Crippen LogP contribution in [0.5, 0.6) is 17.2 Å². The van der Waals surface area contributed by atoms with E-state index in [1.165, 1.54) is 14.2 Å². The minimum atomic E-state index is -0.358. The van der Waals surface area contributed by atoms with Gasteiger partial charge in [0.15, 0.2) is 11.5 Å². The zero-order valence-corrected chi connectivity index (χ0v) is 18.9. The zero-order chi connectivity index (χ0) is 23.3. The SMILES string of the molecule is COc1ccc(CNC(=O)Nc2ccc3c(ccn3CC(=O)N(C)C)c2)c(OC)c1OC. The lowest BCUT2D eigenvalue weighted by Gasteiger charge is -2.16. The molecule has 0 aliphatic rings. The van der Waals surface area contributed by atoms with Gasteiger partial charge in [-0.2, -0.15) is 0 Å². The minimum Gasteiger partial charge on any atom is -0.493 e. The summed E-state index contributed by atoms with van der Waals surface area (Å²) in [4.78, 5) is 26.0. The molecule has 1 aromatic heterocycles. The molecule has 3 aromatic rings. The third-order valence-electron chi connectivity index (χ3n) is 5.06. The van der Waals surface area contributed by atoms with E-state index in [0.717, 1.165) is 16.5 Å². The first-order valence-electron chi connectivity index (χ1n) is 9.99. The lowest BCUT2D eigenvalue weighted by Crippen LogP contribution is -2.28. The van der Waals surface area contributed by atoms with Gasteiger partial charge in [0.1, 0.15) is 6.54 Å². The Kier molecular flexibility index (Phi) is 7.09. The Labute approximate surface area is 186 Å². The lowest BCUT2D eigenvalue weighted by atomic mass is 10.1. The van der Waals surface area contributed by atoms with Crippen LogP contribution in [0.4, 0.5) is 10.5 Å². The first kappa shape index (κ1) is 22.8. The van der Waals surface area contributed by atoms with Gasteiger partial charge in [0.05, 0.1) is 21.3 Å². The molecule has 0 bridgehead atoms. The van der Waals surface area contributed by atoms with E-state index in [1.807, 2.05) is 35.0 Å². The quantitative estimate of drug-likeness (QED) is 0.562. The third-order valence-corrected chi connectivity index (χ3v) is 5.06. The highest BCUT2D eigenvalue weighted by Crippen LogP contribution is 2.39. The summed E-state index contributed by atoms with van der Waals surface area (Å²) in [5.74, 6) is 1.53. The number of fused-ring (bicyclic) bond motifs is 1. The van der Waals surface area contributed by atoms with Gasteiger partial charge in [-0.15, -0.1) is 0 Å². The number of rotatable bonds is 8. The third kappa shape index (κ3) is 4.88. The second kappa shape index (κ2) is 9.95. The molecule has 0 radical (unpaired) electrons. The fraction of sp³-hybridized carbons (Fsp3) is 0.304. The second-order valence-electron chi connectivity index (χ2n) is 7.31. The number of aromatic nitrogens is 1. The standard InChI is InChI=1S/C23H28N4O5/c1-26(2)20(28)14-27-11-10-15-12-17(7-8-18(15)27)25-23(29)24-13-16-6-9-19(30-3)22(32-5)21(16)31-4/h6-12H,13-14H2,1-5H3,(H2,24,25,29). The fourth-order valence-corrected chi connectivity index (χ4v) is 3.36. The molecule has 0 unspecified atom stereocenters. The van der Waals surface area contributed by atoms with Gasteiger partial charge < -0.3 is 34.3 Å². The van der Waals surface area contributed by atoms with Crippen LogP contribution in [0.25, 0.3) is 10.9 Å². The molecule has 3 amide bonds. The van der Waals surface area contributed by atoms with Gasteiger partial charge in [0.2, 0.25) is 11.7 Å². The van der Waals surface area contributed by atoms with E-state index in [9.17, 15) is 9.59 Å². The molecular formula is C23H28N4O5. The van der Waals surface area contributed by atoms with Crippen LogP contribution in [0.3, 0.4) is 0 Å². The molecule has 170 valence electrons. The predicted molar refractivity (Wildman–Crippen MR) is 123 cm³/mol. The summed E-state index contributed by atoms with van der Waals surface area (Å²) >= 11 is 0. The van der Waals surface area contributed by atoms with Crippen molar-refractivity contribution in [2.75, 3.05) is 40.7 Å². The molecule has 1 heterocycles. The number of methoxy groups -OCH3 is 3. The summed E-state index contributed by atoms with van der Waals surface area (Å²) in [7, 11) is 8.07. The van der Waals surface area contributed by atoms with E-state index >= 15 is 0 Å². The molecular weight excluding hydrogens is 412 g/mol. The summed E-state index contributed by atoms with van der Waals surface area (Å²) in [6.45, 7) is 0.498. The van der Waals surface area contributed by atoms with Crippen LogP contribution in [0.15, 0.2) is 42.6 Å². The number of hydrogen-bond acceptors (Lipinski definition) is 5. The van der Waals surface area contributed by atoms with Gasteiger partial charge in [-0.3, -0.25) is 4.79 Å². The number of nitrogens with one attached hydrogen (secondary N) is 2. The van der Waals surface area contributed by atoms with Crippen LogP contribution in [0.1, 0.15) is 5.56 Å². The summed E-state index contributed by atoms with van der Waals surface area (Å²) < 4.78 is 18.0. The van der Waals surface area contributed by atoms with Crippen molar-refractivity contribution >= 4 is 28.5 Å². The maximum Gasteiger partial charge on any atom is 0.319 e. The highest BCUT2D eigenvalue weighted by molar-refractivity contribution is 5.93. The highest BCUT2D eigenvalue weighted by Gasteiger charge is 2.16. The van der Waals surface area contributed by atoms with Gasteiger partial charge in [0, 0.05) is 49.0 Å². The summed E-state index contributed by atoms with van der Waals surface area (Å²) in [6.07, 6.45) is 1.86. The van der Waals surface area contributed by atoms with Gasteiger partial charge in [0.25, 0.3) is 0 Å². The number of urea groups is 1. The maximum absolute atomic E-state index is 12.5. The van der Waals surface area contributed by atoms with Crippen molar-refractivity contribution in [2.24, 2.45) is 0 Å². The van der Waals surface area contributed by atoms with Gasteiger partial charge in [-0.05, 0) is 36.4 Å². The predicted octanol–water partition coefficient (Wildman–Crippen LogP) is 3.08. The molecule has 0 aliphatic heterocycles. The largest absolute Gasteiger partial charge is 0.493 e. The molecule has 9 nitrogen and oxygen atoms in total. The van der Waals surface area contributed by atoms with Gasteiger partial charge in [-0.25, -0.2) is 4.79 Å². The van der Waals surface area contributed by atoms with Crippen LogP contribution in [-0.4, -0.2) is 56.8 Å². The van der Waals surface area contributed by atoms with Crippen molar-refractivity contribution in [3.63, 3.8) is 0 Å². The van der Waals surface area contributed by atoms with E-state index in [-0.39, 0.29) is 25.0 Å². The smallest absolute Gasteiger partial charge is 0.319 e. The Morgan fingerprint density at radius 2 is 1.72 bits per heavy atom. The Morgan fingerprint density at radius 3 is 2.38 bits per heavy atom. The summed E-state index contributed by atoms with van der Waals surface area (Å²) in [5, 5.41) is 6.58. The number of benzene rings is 2. The van der Waals surface area contributed by atoms with Crippen LogP contribution in [0, 0.1) is 0 Å². The van der Waals surface area contributed by atoms with E-state index < -0.39 is 0 Å². The van der Waals surface area contributed by atoms with Crippen molar-refractivity contribution < 1.29 is 23.8 Å². The number of likely N-dealkylation sites (N-methyl/N-ethyl adjacent to an activating group) is 1. The van der Waals surface area contributed by atoms with E-state index in [1.54, 1.807) is 38.2 Å². The van der Waals surface area contributed by atoms with Gasteiger partial charge in [-0.1, -0.05) is 0 Å². The molecule has 2 N–H and O–H groups in total. The number of carbonyl (C=O) groups excluding carboxylic acids is 2. The number of ether oxygens (including phenoxy) is 3. The molecule has 9 heteroatoms. The van der Waals surface area contributed by atoms with Crippen molar-refractivity contribution in [2.45, 2.75) is 13.1 Å². The average Bonchev–Trinajstić information content (AvgIpc) is 3.18. The summed E-state index contributed by atoms with van der Waals surface area (Å²) in [6, 6.07) is 10.7. The highest BCUT2D eigenvalue weighted by atomic mass is 16.5. The maximum atomic E-state index is 12.5. The zero-order valence-electron chi connectivity index (χ0n) is 18.9. The Balaban J connectivity index is 1.67. The Hall–Kier alpha value is -3.88. The normalized spacial score (nSPS) is 10.5. The molecule has 0 atom stereocenters. The molecule has 0 spiro atoms. The van der Waals surface area contributed by atoms with Crippen molar-refractivity contribution in [1.82, 2.24) is 14.8 Å². The van der Waals surface area contributed by atoms with Crippen LogP contribution < -0.4 is 24.8 Å². The Bertz CT molecular complexity index is 1120. The minimum absolute atomic E-state index is 0.00895. The van der Waals surface area contributed by atoms with Crippen molar-refractivity contribution in [3.05, 3.63) is 48.2 Å². The Morgan fingerprint density at radius 1 is 0.969 bits per heavy atom. The molecule has 0 fully saturated rings.